The fourth-order valence-corrected chi connectivity index (χ4v) is 2.55. The molecule has 0 saturated carbocycles. The van der Waals surface area contributed by atoms with E-state index in [9.17, 15) is 14.8 Å². The molecule has 0 bridgehead atoms. The molecule has 1 atom stereocenters. The molecule has 0 aliphatic carbocycles. The minimum absolute atomic E-state index is 0.166. The van der Waals surface area contributed by atoms with Crippen molar-refractivity contribution >= 4 is 11.9 Å². The lowest BCUT2D eigenvalue weighted by atomic mass is 9.96. The second-order valence-corrected chi connectivity index (χ2v) is 6.08. The Morgan fingerprint density at radius 3 is 1.71 bits per heavy atom. The maximum Gasteiger partial charge on any atom is 0.335 e. The molecule has 2 rings (SSSR count). The number of hydroxylamine groups is 3. The molecule has 0 aliphatic rings. The quantitative estimate of drug-likeness (QED) is 0.627. The number of benzene rings is 2. The molecule has 0 saturated heterocycles. The van der Waals surface area contributed by atoms with Crippen LogP contribution in [0.3, 0.4) is 0 Å². The van der Waals surface area contributed by atoms with E-state index in [1.54, 1.807) is 24.3 Å². The Kier molecular flexibility index (Phi) is 5.02. The Morgan fingerprint density at radius 1 is 0.917 bits per heavy atom. The maximum absolute atomic E-state index is 12.5. The van der Waals surface area contributed by atoms with E-state index in [1.807, 2.05) is 0 Å². The van der Waals surface area contributed by atoms with Gasteiger partial charge in [-0.05, 0) is 29.8 Å². The Labute approximate surface area is 139 Å². The minimum Gasteiger partial charge on any atom is -0.633 e. The highest BCUT2D eigenvalue weighted by molar-refractivity contribution is 5.88. The second kappa shape index (κ2) is 6.82. The molecule has 0 fully saturated rings. The molecule has 0 heterocycles. The van der Waals surface area contributed by atoms with Crippen LogP contribution in [0.5, 0.6) is 0 Å². The van der Waals surface area contributed by atoms with Gasteiger partial charge in [0.05, 0.1) is 25.2 Å². The van der Waals surface area contributed by atoms with Gasteiger partial charge in [-0.25, -0.2) is 9.59 Å². The summed E-state index contributed by atoms with van der Waals surface area (Å²) >= 11 is 0. The van der Waals surface area contributed by atoms with Crippen molar-refractivity contribution in [1.29, 1.82) is 0 Å². The summed E-state index contributed by atoms with van der Waals surface area (Å²) in [5.74, 6) is -2.01. The van der Waals surface area contributed by atoms with Crippen LogP contribution < -0.4 is 0 Å². The third-order valence-corrected chi connectivity index (χ3v) is 3.92. The van der Waals surface area contributed by atoms with E-state index in [2.05, 4.69) is 0 Å². The van der Waals surface area contributed by atoms with Crippen molar-refractivity contribution in [3.8, 4) is 0 Å². The number of quaternary nitrogens is 1. The highest BCUT2D eigenvalue weighted by atomic mass is 16.5. The molecule has 0 spiro atoms. The number of aromatic carboxylic acids is 2. The van der Waals surface area contributed by atoms with Gasteiger partial charge < -0.3 is 20.1 Å². The van der Waals surface area contributed by atoms with Gasteiger partial charge in [0, 0.05) is 12.0 Å². The third kappa shape index (κ3) is 4.18. The summed E-state index contributed by atoms with van der Waals surface area (Å²) in [6, 6.07) is 12.2. The van der Waals surface area contributed by atoms with Gasteiger partial charge in [-0.1, -0.05) is 24.3 Å². The molecule has 2 N–H and O–H groups in total. The zero-order valence-corrected chi connectivity index (χ0v) is 13.5. The lowest BCUT2D eigenvalue weighted by molar-refractivity contribution is -0.872. The first-order valence-corrected chi connectivity index (χ1v) is 7.38. The highest BCUT2D eigenvalue weighted by Gasteiger charge is 2.23. The fourth-order valence-electron chi connectivity index (χ4n) is 2.55. The van der Waals surface area contributed by atoms with E-state index in [1.165, 1.54) is 38.4 Å². The molecule has 2 aromatic rings. The van der Waals surface area contributed by atoms with E-state index >= 15 is 0 Å². The van der Waals surface area contributed by atoms with E-state index in [4.69, 9.17) is 10.2 Å². The van der Waals surface area contributed by atoms with Crippen LogP contribution >= 0.6 is 0 Å². The Bertz CT molecular complexity index is 729. The zero-order chi connectivity index (χ0) is 17.9. The van der Waals surface area contributed by atoms with Crippen molar-refractivity contribution in [2.75, 3.05) is 14.1 Å². The average molecular weight is 329 g/mol. The van der Waals surface area contributed by atoms with Crippen molar-refractivity contribution in [3.63, 3.8) is 0 Å². The van der Waals surface area contributed by atoms with Crippen molar-refractivity contribution in [2.45, 2.75) is 12.5 Å². The lowest BCUT2D eigenvalue weighted by Gasteiger charge is -2.42. The number of rotatable bonds is 6. The largest absolute Gasteiger partial charge is 0.633 e. The smallest absolute Gasteiger partial charge is 0.335 e. The molecule has 0 amide bonds. The molecule has 0 aliphatic heterocycles. The molecule has 2 aromatic carbocycles. The molecule has 1 unspecified atom stereocenters. The number of carboxylic acid groups (broad SMARTS) is 2. The van der Waals surface area contributed by atoms with Gasteiger partial charge in [-0.3, -0.25) is 0 Å². The average Bonchev–Trinajstić information content (AvgIpc) is 2.52. The predicted octanol–water partition coefficient (Wildman–Crippen LogP) is 2.94. The zero-order valence-electron chi connectivity index (χ0n) is 13.5. The number of hydrogen-bond acceptors (Lipinski definition) is 3. The molecule has 0 aromatic heterocycles. The molecule has 126 valence electrons. The first-order valence-electron chi connectivity index (χ1n) is 7.38. The van der Waals surface area contributed by atoms with E-state index in [0.29, 0.717) is 6.42 Å². The summed E-state index contributed by atoms with van der Waals surface area (Å²) in [5.41, 5.74) is 1.94. The number of likely N-dealkylation sites (N-methyl/N-ethyl adjacent to an activating group) is 1. The van der Waals surface area contributed by atoms with Crippen LogP contribution in [0, 0.1) is 5.21 Å². The van der Waals surface area contributed by atoms with Gasteiger partial charge in [0.1, 0.15) is 6.04 Å². The molecular formula is C18H19NO5. The van der Waals surface area contributed by atoms with Crippen molar-refractivity contribution in [3.05, 3.63) is 76.0 Å². The van der Waals surface area contributed by atoms with E-state index < -0.39 is 22.6 Å². The Hall–Kier alpha value is -2.70. The molecule has 6 heteroatoms. The van der Waals surface area contributed by atoms with Crippen molar-refractivity contribution in [1.82, 2.24) is 0 Å². The van der Waals surface area contributed by atoms with Crippen molar-refractivity contribution in [2.24, 2.45) is 0 Å². The van der Waals surface area contributed by atoms with Crippen LogP contribution in [-0.2, 0) is 6.42 Å². The normalized spacial score (nSPS) is 12.6. The molecule has 6 nitrogen and oxygen atoms in total. The SMILES string of the molecule is C[N+](C)([O-])C(Cc1ccc(C(=O)O)cc1)c1ccc(C(=O)O)cc1. The molecule has 0 radical (unpaired) electrons. The van der Waals surface area contributed by atoms with Gasteiger partial charge in [0.25, 0.3) is 0 Å². The van der Waals surface area contributed by atoms with Crippen LogP contribution in [0.15, 0.2) is 48.5 Å². The van der Waals surface area contributed by atoms with Gasteiger partial charge in [-0.2, -0.15) is 0 Å². The van der Waals surface area contributed by atoms with Gasteiger partial charge in [-0.15, -0.1) is 0 Å². The lowest BCUT2D eigenvalue weighted by Crippen LogP contribution is -2.38. The van der Waals surface area contributed by atoms with Crippen LogP contribution in [0.1, 0.15) is 37.9 Å². The number of nitrogens with zero attached hydrogens (tertiary/aromatic N) is 1. The summed E-state index contributed by atoms with van der Waals surface area (Å²) in [6.07, 6.45) is 0.419. The van der Waals surface area contributed by atoms with Gasteiger partial charge in [0.15, 0.2) is 0 Å². The van der Waals surface area contributed by atoms with Crippen LogP contribution in [0.25, 0.3) is 0 Å². The van der Waals surface area contributed by atoms with Crippen LogP contribution in [0.2, 0.25) is 0 Å². The van der Waals surface area contributed by atoms with Crippen LogP contribution in [0.4, 0.5) is 0 Å². The predicted molar refractivity (Wildman–Crippen MR) is 88.7 cm³/mol. The first kappa shape index (κ1) is 17.7. The number of carbonyl (C=O) groups is 2. The summed E-state index contributed by atoms with van der Waals surface area (Å²) in [6.45, 7) is 0. The number of hydrogen-bond donors (Lipinski definition) is 2. The molecular weight excluding hydrogens is 310 g/mol. The van der Waals surface area contributed by atoms with Crippen molar-refractivity contribution < 1.29 is 24.4 Å². The summed E-state index contributed by atoms with van der Waals surface area (Å²) in [5, 5.41) is 30.4. The third-order valence-electron chi connectivity index (χ3n) is 3.92. The highest BCUT2D eigenvalue weighted by Crippen LogP contribution is 2.28. The summed E-state index contributed by atoms with van der Waals surface area (Å²) in [7, 11) is 3.06. The standard InChI is InChI=1S/C18H19NO5/c1-19(2,24)16(13-7-9-15(10-8-13)18(22)23)11-12-3-5-14(6-4-12)17(20)21/h3-10,16H,11H2,1-2H3,(H,20,21)(H,22,23). The molecule has 24 heavy (non-hydrogen) atoms. The minimum atomic E-state index is -1.02. The van der Waals surface area contributed by atoms with Gasteiger partial charge >= 0.3 is 11.9 Å². The van der Waals surface area contributed by atoms with Crippen LogP contribution in [-0.4, -0.2) is 40.9 Å². The summed E-state index contributed by atoms with van der Waals surface area (Å²) in [4.78, 5) is 21.8. The Morgan fingerprint density at radius 2 is 1.33 bits per heavy atom. The topological polar surface area (TPSA) is 97.7 Å². The first-order chi connectivity index (χ1) is 11.2. The summed E-state index contributed by atoms with van der Waals surface area (Å²) < 4.78 is -0.576. The van der Waals surface area contributed by atoms with E-state index in [-0.39, 0.29) is 11.1 Å². The van der Waals surface area contributed by atoms with E-state index in [0.717, 1.165) is 11.1 Å². The second-order valence-electron chi connectivity index (χ2n) is 6.08. The number of carboxylic acids is 2. The fraction of sp³-hybridized carbons (Fsp3) is 0.222. The monoisotopic (exact) mass is 329 g/mol. The van der Waals surface area contributed by atoms with Gasteiger partial charge in [0.2, 0.25) is 0 Å². The maximum atomic E-state index is 12.5. The Balaban J connectivity index is 2.29.